The average Bonchev–Trinajstić information content (AvgIpc) is 3.34. The van der Waals surface area contributed by atoms with Crippen LogP contribution in [0.4, 0.5) is 0 Å². The van der Waals surface area contributed by atoms with Crippen molar-refractivity contribution in [3.63, 3.8) is 0 Å². The quantitative estimate of drug-likeness (QED) is 0.0264. The molecule has 2 unspecified atom stereocenters. The van der Waals surface area contributed by atoms with E-state index in [4.69, 9.17) is 24.3 Å². The van der Waals surface area contributed by atoms with Gasteiger partial charge in [-0.15, -0.1) is 0 Å². The summed E-state index contributed by atoms with van der Waals surface area (Å²) in [5.41, 5.74) is 5.37. The van der Waals surface area contributed by atoms with Crippen molar-refractivity contribution >= 4 is 19.8 Å². The summed E-state index contributed by atoms with van der Waals surface area (Å²) >= 11 is 0. The SMILES string of the molecule is CC/C=C\C/C=C\C/C=C\C/C=C\C/C=C\CCCCCCCCCCCCCCCC(=O)OC(COC(=O)CCCCCCCC/C=C\C/C=C\C/C=C\C/C=C\CC)COP(=O)(O)OCCN. The van der Waals surface area contributed by atoms with Gasteiger partial charge in [0.25, 0.3) is 0 Å². The molecule has 2 atom stereocenters. The molecule has 0 spiro atoms. The van der Waals surface area contributed by atoms with E-state index >= 15 is 0 Å². The van der Waals surface area contributed by atoms with Gasteiger partial charge in [0.05, 0.1) is 13.2 Å². The van der Waals surface area contributed by atoms with Crippen LogP contribution in [0.25, 0.3) is 0 Å². The lowest BCUT2D eigenvalue weighted by molar-refractivity contribution is -0.161. The molecular weight excluding hydrogens is 882 g/mol. The van der Waals surface area contributed by atoms with Gasteiger partial charge in [0, 0.05) is 19.4 Å². The van der Waals surface area contributed by atoms with Crippen molar-refractivity contribution in [1.82, 2.24) is 0 Å². The number of hydrogen-bond acceptors (Lipinski definition) is 8. The maximum absolute atomic E-state index is 12.7. The van der Waals surface area contributed by atoms with Crippen LogP contribution in [0, 0.1) is 0 Å². The van der Waals surface area contributed by atoms with Gasteiger partial charge >= 0.3 is 19.8 Å². The standard InChI is InChI=1S/C59H100NO8P/c1-3-5-7-9-11-13-15-17-19-21-23-24-25-26-27-28-29-30-31-32-34-36-38-40-42-44-46-48-50-52-59(62)68-57(56-67-69(63,64)66-54-53-60)55-65-58(61)51-49-47-45-43-41-39-37-35-33-22-20-18-16-14-12-10-8-6-4-2/h5-8,11-14,17-20,23-24,26-27,33,35,57H,3-4,9-10,15-16,21-22,25,28-32,34,36-56,60H2,1-2H3,(H,63,64)/b7-5-,8-6-,13-11-,14-12-,19-17-,20-18-,24-23-,27-26-,35-33-. The molecule has 0 saturated heterocycles. The molecule has 0 aromatic carbocycles. The number of carbonyl (C=O) groups excluding carboxylic acids is 2. The van der Waals surface area contributed by atoms with Crippen molar-refractivity contribution in [2.45, 2.75) is 225 Å². The van der Waals surface area contributed by atoms with E-state index in [1.54, 1.807) is 0 Å². The molecule has 3 N–H and O–H groups in total. The number of carbonyl (C=O) groups is 2. The van der Waals surface area contributed by atoms with Gasteiger partial charge in [0.2, 0.25) is 0 Å². The first-order valence-electron chi connectivity index (χ1n) is 27.4. The van der Waals surface area contributed by atoms with E-state index in [1.807, 2.05) is 0 Å². The van der Waals surface area contributed by atoms with Gasteiger partial charge in [-0.25, -0.2) is 4.57 Å². The predicted octanol–water partition coefficient (Wildman–Crippen LogP) is 17.1. The lowest BCUT2D eigenvalue weighted by Crippen LogP contribution is -2.29. The maximum Gasteiger partial charge on any atom is 0.472 e. The van der Waals surface area contributed by atoms with E-state index < -0.39 is 32.5 Å². The molecule has 0 amide bonds. The zero-order chi connectivity index (χ0) is 50.2. The first-order valence-corrected chi connectivity index (χ1v) is 28.9. The van der Waals surface area contributed by atoms with E-state index in [9.17, 15) is 19.0 Å². The Morgan fingerprint density at radius 1 is 0.435 bits per heavy atom. The average molecular weight is 982 g/mol. The second kappa shape index (κ2) is 54.0. The van der Waals surface area contributed by atoms with Crippen LogP contribution in [0.2, 0.25) is 0 Å². The molecule has 10 heteroatoms. The Labute approximate surface area is 422 Å². The number of phosphoric ester groups is 1. The van der Waals surface area contributed by atoms with Gasteiger partial charge in [0.1, 0.15) is 6.61 Å². The molecule has 0 aliphatic heterocycles. The second-order valence-corrected chi connectivity index (χ2v) is 19.1. The third-order valence-corrected chi connectivity index (χ3v) is 12.1. The van der Waals surface area contributed by atoms with Gasteiger partial charge in [-0.05, 0) is 96.3 Å². The number of phosphoric acid groups is 1. The Morgan fingerprint density at radius 2 is 0.754 bits per heavy atom. The number of rotatable bonds is 50. The van der Waals surface area contributed by atoms with Crippen molar-refractivity contribution in [3.8, 4) is 0 Å². The molecule has 0 saturated carbocycles. The fourth-order valence-corrected chi connectivity index (χ4v) is 7.95. The highest BCUT2D eigenvalue weighted by atomic mass is 31.2. The van der Waals surface area contributed by atoms with Gasteiger partial charge in [-0.3, -0.25) is 18.6 Å². The summed E-state index contributed by atoms with van der Waals surface area (Å²) in [5.74, 6) is -0.850. The van der Waals surface area contributed by atoms with Crippen molar-refractivity contribution in [1.29, 1.82) is 0 Å². The van der Waals surface area contributed by atoms with Gasteiger partial charge < -0.3 is 20.1 Å². The lowest BCUT2D eigenvalue weighted by Gasteiger charge is -2.19. The normalized spacial score (nSPS) is 14.0. The van der Waals surface area contributed by atoms with Crippen LogP contribution in [0.3, 0.4) is 0 Å². The van der Waals surface area contributed by atoms with Gasteiger partial charge in [0.15, 0.2) is 6.10 Å². The van der Waals surface area contributed by atoms with Crippen molar-refractivity contribution in [3.05, 3.63) is 109 Å². The molecule has 9 nitrogen and oxygen atoms in total. The number of hydrogen-bond donors (Lipinski definition) is 2. The first-order chi connectivity index (χ1) is 33.8. The Balaban J connectivity index is 4.03. The molecule has 0 fully saturated rings. The minimum atomic E-state index is -4.40. The van der Waals surface area contributed by atoms with Gasteiger partial charge in [-0.1, -0.05) is 220 Å². The number of esters is 2. The molecule has 0 rings (SSSR count). The minimum Gasteiger partial charge on any atom is -0.462 e. The van der Waals surface area contributed by atoms with Crippen molar-refractivity contribution < 1.29 is 37.6 Å². The van der Waals surface area contributed by atoms with Crippen LogP contribution in [-0.4, -0.2) is 49.3 Å². The zero-order valence-corrected chi connectivity index (χ0v) is 44.6. The Kier molecular flexibility index (Phi) is 51.4. The molecule has 0 aromatic rings. The molecule has 394 valence electrons. The summed E-state index contributed by atoms with van der Waals surface area (Å²) < 4.78 is 33.0. The van der Waals surface area contributed by atoms with E-state index in [0.717, 1.165) is 116 Å². The molecule has 0 aliphatic rings. The highest BCUT2D eigenvalue weighted by molar-refractivity contribution is 7.47. The summed E-state index contributed by atoms with van der Waals surface area (Å²) in [5, 5.41) is 0. The van der Waals surface area contributed by atoms with Crippen molar-refractivity contribution in [2.24, 2.45) is 5.73 Å². The summed E-state index contributed by atoms with van der Waals surface area (Å²) in [6.07, 6.45) is 72.7. The largest absolute Gasteiger partial charge is 0.472 e. The lowest BCUT2D eigenvalue weighted by atomic mass is 10.0. The zero-order valence-electron chi connectivity index (χ0n) is 43.8. The maximum atomic E-state index is 12.7. The third-order valence-electron chi connectivity index (χ3n) is 11.2. The van der Waals surface area contributed by atoms with Crippen LogP contribution < -0.4 is 5.73 Å². The summed E-state index contributed by atoms with van der Waals surface area (Å²) in [7, 11) is -4.40. The Bertz CT molecular complexity index is 1490. The number of ether oxygens (including phenoxy) is 2. The molecule has 0 bridgehead atoms. The number of allylic oxidation sites excluding steroid dienone is 18. The Hall–Kier alpha value is -3.33. The van der Waals surface area contributed by atoms with Crippen molar-refractivity contribution in [2.75, 3.05) is 26.4 Å². The fourth-order valence-electron chi connectivity index (χ4n) is 7.18. The van der Waals surface area contributed by atoms with E-state index in [2.05, 4.69) is 123 Å². The Morgan fingerprint density at radius 3 is 1.12 bits per heavy atom. The monoisotopic (exact) mass is 982 g/mol. The van der Waals surface area contributed by atoms with Crippen LogP contribution in [0.1, 0.15) is 219 Å². The van der Waals surface area contributed by atoms with Crippen LogP contribution in [0.5, 0.6) is 0 Å². The fraction of sp³-hybridized carbons (Fsp3) is 0.661. The molecule has 0 radical (unpaired) electrons. The highest BCUT2D eigenvalue weighted by Gasteiger charge is 2.26. The third kappa shape index (κ3) is 53.9. The second-order valence-electron chi connectivity index (χ2n) is 17.7. The molecule has 69 heavy (non-hydrogen) atoms. The summed E-state index contributed by atoms with van der Waals surface area (Å²) in [6.45, 7) is 3.49. The summed E-state index contributed by atoms with van der Waals surface area (Å²) in [6, 6.07) is 0. The number of unbranched alkanes of at least 4 members (excludes halogenated alkanes) is 19. The minimum absolute atomic E-state index is 0.0459. The van der Waals surface area contributed by atoms with Crippen LogP contribution in [0.15, 0.2) is 109 Å². The number of nitrogens with two attached hydrogens (primary N) is 1. The topological polar surface area (TPSA) is 134 Å². The van der Waals surface area contributed by atoms with Crippen LogP contribution in [-0.2, 0) is 32.7 Å². The predicted molar refractivity (Wildman–Crippen MR) is 293 cm³/mol. The van der Waals surface area contributed by atoms with E-state index in [-0.39, 0.29) is 32.6 Å². The van der Waals surface area contributed by atoms with Gasteiger partial charge in [-0.2, -0.15) is 0 Å². The smallest absolute Gasteiger partial charge is 0.462 e. The summed E-state index contributed by atoms with van der Waals surface area (Å²) in [4.78, 5) is 35.1. The van der Waals surface area contributed by atoms with Crippen LogP contribution >= 0.6 is 7.82 Å². The highest BCUT2D eigenvalue weighted by Crippen LogP contribution is 2.43. The van der Waals surface area contributed by atoms with E-state index in [1.165, 1.54) is 64.2 Å². The molecular formula is C59H100NO8P. The molecule has 0 heterocycles. The molecule has 0 aromatic heterocycles. The van der Waals surface area contributed by atoms with E-state index in [0.29, 0.717) is 12.8 Å². The first kappa shape index (κ1) is 65.7. The molecule has 0 aliphatic carbocycles.